The molecule has 298 valence electrons. The van der Waals surface area contributed by atoms with Crippen molar-refractivity contribution in [1.82, 2.24) is 21.1 Å². The van der Waals surface area contributed by atoms with Crippen LogP contribution < -0.4 is 16.1 Å². The number of benzene rings is 4. The summed E-state index contributed by atoms with van der Waals surface area (Å²) in [4.78, 5) is 50.0. The molecule has 10 heteroatoms. The molecule has 0 spiro atoms. The lowest BCUT2D eigenvalue weighted by Gasteiger charge is -2.50. The van der Waals surface area contributed by atoms with Gasteiger partial charge in [0.15, 0.2) is 0 Å². The van der Waals surface area contributed by atoms with E-state index in [0.717, 1.165) is 86.5 Å². The second kappa shape index (κ2) is 24.2. The highest BCUT2D eigenvalue weighted by molar-refractivity contribution is 5.68. The van der Waals surface area contributed by atoms with Crippen LogP contribution in [0.2, 0.25) is 0 Å². The number of amides is 2. The number of hydrogen-bond acceptors (Lipinski definition) is 6. The minimum atomic E-state index is -1.54. The predicted octanol–water partition coefficient (Wildman–Crippen LogP) is 8.26. The van der Waals surface area contributed by atoms with Crippen LogP contribution in [0.1, 0.15) is 80.0 Å². The Labute approximate surface area is 331 Å². The lowest BCUT2D eigenvalue weighted by molar-refractivity contribution is -0.122. The average Bonchev–Trinajstić information content (AvgIpc) is 3.21. The van der Waals surface area contributed by atoms with E-state index in [0.29, 0.717) is 25.5 Å². The normalized spacial score (nSPS) is 13.9. The quantitative estimate of drug-likeness (QED) is 0.0177. The monoisotopic (exact) mass is 762 g/mol. The first kappa shape index (κ1) is 43.4. The Balaban J connectivity index is 1.46. The summed E-state index contributed by atoms with van der Waals surface area (Å²) in [5, 5.41) is 28.3. The largest absolute Gasteiger partial charge is 0.465 e. The molecule has 4 aromatic rings. The van der Waals surface area contributed by atoms with Gasteiger partial charge in [-0.05, 0) is 60.9 Å². The maximum Gasteiger partial charge on any atom is 0.419 e. The number of unbranched alkanes of at least 4 members (excludes halogenated alkanes) is 7. The van der Waals surface area contributed by atoms with Gasteiger partial charge in [0.05, 0.1) is 12.1 Å². The molecule has 0 aromatic heterocycles. The first-order valence-electron chi connectivity index (χ1n) is 19.9. The van der Waals surface area contributed by atoms with Crippen LogP contribution in [0.4, 0.5) is 9.59 Å². The van der Waals surface area contributed by atoms with Crippen molar-refractivity contribution in [3.8, 4) is 0 Å². The van der Waals surface area contributed by atoms with Gasteiger partial charge >= 0.3 is 12.2 Å². The van der Waals surface area contributed by atoms with E-state index in [4.69, 9.17) is 0 Å². The zero-order valence-electron chi connectivity index (χ0n) is 32.3. The summed E-state index contributed by atoms with van der Waals surface area (Å²) < 4.78 is 0. The molecule has 4 atom stereocenters. The lowest BCUT2D eigenvalue weighted by Crippen LogP contribution is -2.73. The van der Waals surface area contributed by atoms with E-state index >= 15 is 0 Å². The molecule has 0 bridgehead atoms. The van der Waals surface area contributed by atoms with E-state index in [-0.39, 0.29) is 18.9 Å². The summed E-state index contributed by atoms with van der Waals surface area (Å²) in [5.41, 5.74) is 4.72. The molecule has 5 N–H and O–H groups in total. The zero-order valence-corrected chi connectivity index (χ0v) is 32.3. The van der Waals surface area contributed by atoms with E-state index in [1.165, 1.54) is 5.01 Å². The Bertz CT molecular complexity index is 1710. The van der Waals surface area contributed by atoms with Crippen LogP contribution in [0.25, 0.3) is 0 Å². The third kappa shape index (κ3) is 14.7. The minimum Gasteiger partial charge on any atom is -0.465 e. The van der Waals surface area contributed by atoms with Crippen molar-refractivity contribution < 1.29 is 29.4 Å². The maximum absolute atomic E-state index is 13.0. The standard InChI is InChI=1S/C46H58N4O6/c51-35-42(32-38-23-13-8-14-24-38)47-30-20-6-4-2-1-3-5-19-29-41(31-37-21-11-7-12-22-37)46(48-44(53)54,34-40-27-17-10-18-28-40)50(49-45(55)56)43(36-52)33-39-25-15-9-16-26-39/h7-18,21-28,35-36,41-43,47-49H,1-6,19-20,29-34H2,(H,53,54)(H,55,56)/t41-,42?,43-,46?/m0/s1. The molecule has 10 nitrogen and oxygen atoms in total. The summed E-state index contributed by atoms with van der Waals surface area (Å²) in [6.45, 7) is 0.804. The molecule has 0 saturated heterocycles. The van der Waals surface area contributed by atoms with Crippen LogP contribution in [-0.2, 0) is 35.3 Å². The van der Waals surface area contributed by atoms with Gasteiger partial charge in [0.2, 0.25) is 0 Å². The van der Waals surface area contributed by atoms with Gasteiger partial charge in [-0.1, -0.05) is 166 Å². The van der Waals surface area contributed by atoms with E-state index in [1.54, 1.807) is 0 Å². The number of nitrogens with zero attached hydrogens (tertiary/aromatic N) is 1. The van der Waals surface area contributed by atoms with Crippen LogP contribution in [0.3, 0.4) is 0 Å². The SMILES string of the molecule is O=CC(Cc1ccccc1)NCCCCCCCCCC[C@@H](Cc1ccccc1)C(Cc1ccccc1)(NC(=O)O)N(NC(=O)O)[C@H](C=O)Cc1ccccc1. The number of hydrazine groups is 1. The molecular weight excluding hydrogens is 705 g/mol. The summed E-state index contributed by atoms with van der Waals surface area (Å²) >= 11 is 0. The summed E-state index contributed by atoms with van der Waals surface area (Å²) in [7, 11) is 0. The molecule has 0 aliphatic carbocycles. The molecule has 0 saturated carbocycles. The third-order valence-electron chi connectivity index (χ3n) is 10.4. The van der Waals surface area contributed by atoms with Crippen molar-refractivity contribution in [2.24, 2.45) is 5.92 Å². The van der Waals surface area contributed by atoms with E-state index in [1.807, 2.05) is 121 Å². The summed E-state index contributed by atoms with van der Waals surface area (Å²) in [6.07, 6.45) is 9.11. The van der Waals surface area contributed by atoms with Gasteiger partial charge in [-0.25, -0.2) is 9.59 Å². The van der Waals surface area contributed by atoms with Crippen LogP contribution in [0, 0.1) is 5.92 Å². The lowest BCUT2D eigenvalue weighted by atomic mass is 9.77. The van der Waals surface area contributed by atoms with Gasteiger partial charge in [0.1, 0.15) is 18.2 Å². The zero-order chi connectivity index (χ0) is 39.9. The van der Waals surface area contributed by atoms with Crippen molar-refractivity contribution in [3.63, 3.8) is 0 Å². The fraction of sp³-hybridized carbons (Fsp3) is 0.391. The van der Waals surface area contributed by atoms with Gasteiger partial charge in [0.25, 0.3) is 0 Å². The molecule has 56 heavy (non-hydrogen) atoms. The number of carbonyl (C=O) groups is 4. The number of nitrogens with one attached hydrogen (secondary N) is 3. The topological polar surface area (TPSA) is 148 Å². The van der Waals surface area contributed by atoms with Gasteiger partial charge < -0.3 is 30.4 Å². The molecule has 4 rings (SSSR count). The summed E-state index contributed by atoms with van der Waals surface area (Å²) in [6, 6.07) is 37.3. The Hall–Kier alpha value is -5.32. The number of aldehydes is 2. The number of hydrogen-bond donors (Lipinski definition) is 5. The Morgan fingerprint density at radius 2 is 1.04 bits per heavy atom. The van der Waals surface area contributed by atoms with Crippen molar-refractivity contribution in [1.29, 1.82) is 0 Å². The van der Waals surface area contributed by atoms with Crippen molar-refractivity contribution in [2.45, 2.75) is 101 Å². The molecule has 0 heterocycles. The number of rotatable bonds is 27. The van der Waals surface area contributed by atoms with E-state index < -0.39 is 29.8 Å². The molecule has 0 aliphatic heterocycles. The minimum absolute atomic E-state index is 0.117. The highest BCUT2D eigenvalue weighted by Gasteiger charge is 2.49. The molecule has 0 aliphatic rings. The van der Waals surface area contributed by atoms with Crippen molar-refractivity contribution >= 4 is 24.8 Å². The van der Waals surface area contributed by atoms with Crippen LogP contribution in [0.5, 0.6) is 0 Å². The van der Waals surface area contributed by atoms with E-state index in [9.17, 15) is 29.4 Å². The second-order valence-corrected chi connectivity index (χ2v) is 14.6. The van der Waals surface area contributed by atoms with Gasteiger partial charge in [0, 0.05) is 12.3 Å². The highest BCUT2D eigenvalue weighted by atomic mass is 16.4. The third-order valence-corrected chi connectivity index (χ3v) is 10.4. The first-order valence-corrected chi connectivity index (χ1v) is 19.9. The summed E-state index contributed by atoms with van der Waals surface area (Å²) in [5.74, 6) is -0.434. The maximum atomic E-state index is 13.0. The number of carboxylic acid groups (broad SMARTS) is 2. The van der Waals surface area contributed by atoms with Gasteiger partial charge in [-0.2, -0.15) is 5.01 Å². The molecule has 0 fully saturated rings. The van der Waals surface area contributed by atoms with Crippen LogP contribution >= 0.6 is 0 Å². The number of carbonyl (C=O) groups excluding carboxylic acids is 2. The predicted molar refractivity (Wildman–Crippen MR) is 220 cm³/mol. The van der Waals surface area contributed by atoms with E-state index in [2.05, 4.69) is 16.1 Å². The van der Waals surface area contributed by atoms with Crippen molar-refractivity contribution in [2.75, 3.05) is 6.54 Å². The van der Waals surface area contributed by atoms with Crippen LogP contribution in [0.15, 0.2) is 121 Å². The molecular formula is C46H58N4O6. The molecule has 0 radical (unpaired) electrons. The Morgan fingerprint density at radius 3 is 1.52 bits per heavy atom. The second-order valence-electron chi connectivity index (χ2n) is 14.6. The fourth-order valence-electron chi connectivity index (χ4n) is 7.67. The van der Waals surface area contributed by atoms with Crippen molar-refractivity contribution in [3.05, 3.63) is 144 Å². The van der Waals surface area contributed by atoms with Gasteiger partial charge in [-0.15, -0.1) is 0 Å². The average molecular weight is 763 g/mol. The highest BCUT2D eigenvalue weighted by Crippen LogP contribution is 2.35. The first-order chi connectivity index (χ1) is 27.3. The Morgan fingerprint density at radius 1 is 0.571 bits per heavy atom. The molecule has 2 amide bonds. The van der Waals surface area contributed by atoms with Gasteiger partial charge in [-0.3, -0.25) is 5.43 Å². The smallest absolute Gasteiger partial charge is 0.419 e. The fourth-order valence-corrected chi connectivity index (χ4v) is 7.67. The molecule has 4 aromatic carbocycles. The Kier molecular flexibility index (Phi) is 18.8. The van der Waals surface area contributed by atoms with Crippen LogP contribution in [-0.4, -0.2) is 64.3 Å². The molecule has 2 unspecified atom stereocenters.